The van der Waals surface area contributed by atoms with Crippen LogP contribution in [0, 0.1) is 0 Å². The van der Waals surface area contributed by atoms with Crippen molar-refractivity contribution in [2.75, 3.05) is 5.32 Å². The number of halogens is 4. The SMILES string of the molecule is O=C(Nc1ncc(Cc2ccc(Cl)c(C(F)(F)F)c2)s1)c1cnn2cccnc12. The van der Waals surface area contributed by atoms with Gasteiger partial charge in [0.1, 0.15) is 5.56 Å². The molecule has 3 aromatic heterocycles. The van der Waals surface area contributed by atoms with Gasteiger partial charge in [-0.05, 0) is 23.8 Å². The molecule has 1 N–H and O–H groups in total. The Labute approximate surface area is 171 Å². The number of nitrogens with zero attached hydrogens (tertiary/aromatic N) is 4. The third-order valence-electron chi connectivity index (χ3n) is 4.01. The Morgan fingerprint density at radius 3 is 2.86 bits per heavy atom. The first-order valence-corrected chi connectivity index (χ1v) is 9.41. The van der Waals surface area contributed by atoms with Crippen LogP contribution < -0.4 is 5.32 Å². The van der Waals surface area contributed by atoms with E-state index in [4.69, 9.17) is 11.6 Å². The molecule has 3 heterocycles. The number of fused-ring (bicyclic) bond motifs is 1. The molecule has 4 aromatic rings. The first kappa shape index (κ1) is 19.3. The van der Waals surface area contributed by atoms with Crippen molar-refractivity contribution in [3.05, 3.63) is 75.6 Å². The summed E-state index contributed by atoms with van der Waals surface area (Å²) in [4.78, 5) is 21.4. The van der Waals surface area contributed by atoms with Gasteiger partial charge in [-0.25, -0.2) is 14.5 Å². The van der Waals surface area contributed by atoms with E-state index in [9.17, 15) is 18.0 Å². The third kappa shape index (κ3) is 4.08. The van der Waals surface area contributed by atoms with Crippen LogP contribution in [0.1, 0.15) is 26.4 Å². The van der Waals surface area contributed by atoms with Crippen LogP contribution in [0.3, 0.4) is 0 Å². The number of amides is 1. The Kier molecular flexibility index (Phi) is 4.97. The molecule has 0 aliphatic carbocycles. The highest BCUT2D eigenvalue weighted by molar-refractivity contribution is 7.15. The van der Waals surface area contributed by atoms with Gasteiger partial charge in [-0.2, -0.15) is 18.3 Å². The number of hydrogen-bond donors (Lipinski definition) is 1. The molecule has 1 amide bonds. The normalized spacial score (nSPS) is 11.7. The van der Waals surface area contributed by atoms with Crippen LogP contribution in [-0.2, 0) is 12.6 Å². The minimum Gasteiger partial charge on any atom is -0.298 e. The fraction of sp³-hybridized carbons (Fsp3) is 0.111. The maximum atomic E-state index is 13.0. The van der Waals surface area contributed by atoms with E-state index in [2.05, 4.69) is 20.4 Å². The standard InChI is InChI=1S/C18H11ClF3N5OS/c19-14-3-2-10(7-13(14)18(20,21)22)6-11-8-24-17(29-11)26-16(28)12-9-25-27-5-1-4-23-15(12)27/h1-5,7-9H,6H2,(H,24,26,28). The Morgan fingerprint density at radius 1 is 1.24 bits per heavy atom. The minimum atomic E-state index is -4.53. The molecule has 11 heteroatoms. The number of aromatic nitrogens is 4. The van der Waals surface area contributed by atoms with Gasteiger partial charge < -0.3 is 0 Å². The molecule has 0 fully saturated rings. The van der Waals surface area contributed by atoms with E-state index < -0.39 is 17.6 Å². The lowest BCUT2D eigenvalue weighted by Gasteiger charge is -2.10. The zero-order valence-electron chi connectivity index (χ0n) is 14.4. The van der Waals surface area contributed by atoms with E-state index in [1.807, 2.05) is 0 Å². The number of thiazole rings is 1. The van der Waals surface area contributed by atoms with Crippen LogP contribution in [0.4, 0.5) is 18.3 Å². The largest absolute Gasteiger partial charge is 0.417 e. The van der Waals surface area contributed by atoms with Gasteiger partial charge in [0.2, 0.25) is 0 Å². The summed E-state index contributed by atoms with van der Waals surface area (Å²) in [5.41, 5.74) is 0.253. The quantitative estimate of drug-likeness (QED) is 0.502. The summed E-state index contributed by atoms with van der Waals surface area (Å²) in [7, 11) is 0. The second kappa shape index (κ2) is 7.45. The molecular formula is C18H11ClF3N5OS. The first-order valence-electron chi connectivity index (χ1n) is 8.21. The number of hydrogen-bond acceptors (Lipinski definition) is 5. The molecule has 0 spiro atoms. The molecule has 0 atom stereocenters. The molecule has 0 aliphatic heterocycles. The Morgan fingerprint density at radius 2 is 2.07 bits per heavy atom. The zero-order chi connectivity index (χ0) is 20.6. The summed E-state index contributed by atoms with van der Waals surface area (Å²) in [6.45, 7) is 0. The van der Waals surface area contributed by atoms with Gasteiger partial charge in [-0.1, -0.05) is 17.7 Å². The predicted octanol–water partition coefficient (Wildman–Crippen LogP) is 4.70. The second-order valence-electron chi connectivity index (χ2n) is 6.02. The van der Waals surface area contributed by atoms with E-state index in [0.717, 1.165) is 6.07 Å². The number of alkyl halides is 3. The zero-order valence-corrected chi connectivity index (χ0v) is 16.0. The van der Waals surface area contributed by atoms with Gasteiger partial charge in [0.25, 0.3) is 5.91 Å². The molecule has 0 radical (unpaired) electrons. The molecule has 6 nitrogen and oxygen atoms in total. The predicted molar refractivity (Wildman–Crippen MR) is 102 cm³/mol. The minimum absolute atomic E-state index is 0.228. The molecule has 29 heavy (non-hydrogen) atoms. The maximum Gasteiger partial charge on any atom is 0.417 e. The van der Waals surface area contributed by atoms with Gasteiger partial charge in [-0.3, -0.25) is 10.1 Å². The van der Waals surface area contributed by atoms with Gasteiger partial charge in [0.15, 0.2) is 10.8 Å². The van der Waals surface area contributed by atoms with Crippen LogP contribution in [0.5, 0.6) is 0 Å². The van der Waals surface area contributed by atoms with Crippen molar-refractivity contribution in [3.8, 4) is 0 Å². The molecular weight excluding hydrogens is 427 g/mol. The van der Waals surface area contributed by atoms with Crippen LogP contribution in [0.15, 0.2) is 49.1 Å². The Hall–Kier alpha value is -2.98. The fourth-order valence-electron chi connectivity index (χ4n) is 2.70. The highest BCUT2D eigenvalue weighted by atomic mass is 35.5. The van der Waals surface area contributed by atoms with Crippen molar-refractivity contribution in [2.45, 2.75) is 12.6 Å². The molecule has 0 saturated carbocycles. The monoisotopic (exact) mass is 437 g/mol. The van der Waals surface area contributed by atoms with Crippen molar-refractivity contribution < 1.29 is 18.0 Å². The maximum absolute atomic E-state index is 13.0. The van der Waals surface area contributed by atoms with Crippen LogP contribution in [0.25, 0.3) is 5.65 Å². The van der Waals surface area contributed by atoms with E-state index in [1.165, 1.54) is 40.4 Å². The van der Waals surface area contributed by atoms with Gasteiger partial charge in [0, 0.05) is 29.9 Å². The van der Waals surface area contributed by atoms with Crippen molar-refractivity contribution in [2.24, 2.45) is 0 Å². The molecule has 0 unspecified atom stereocenters. The average Bonchev–Trinajstić information content (AvgIpc) is 3.29. The number of anilines is 1. The Balaban J connectivity index is 1.50. The lowest BCUT2D eigenvalue weighted by atomic mass is 10.1. The van der Waals surface area contributed by atoms with Crippen LogP contribution >= 0.6 is 22.9 Å². The van der Waals surface area contributed by atoms with Crippen molar-refractivity contribution in [1.29, 1.82) is 0 Å². The summed E-state index contributed by atoms with van der Waals surface area (Å²) >= 11 is 6.82. The highest BCUT2D eigenvalue weighted by Crippen LogP contribution is 2.35. The van der Waals surface area contributed by atoms with Gasteiger partial charge in [-0.15, -0.1) is 11.3 Å². The molecule has 1 aromatic carbocycles. The smallest absolute Gasteiger partial charge is 0.298 e. The van der Waals surface area contributed by atoms with Crippen LogP contribution in [-0.4, -0.2) is 25.5 Å². The van der Waals surface area contributed by atoms with Crippen molar-refractivity contribution >= 4 is 39.6 Å². The van der Waals surface area contributed by atoms with E-state index in [0.29, 0.717) is 21.2 Å². The van der Waals surface area contributed by atoms with E-state index in [-0.39, 0.29) is 17.0 Å². The third-order valence-corrected chi connectivity index (χ3v) is 5.25. The Bertz CT molecular complexity index is 1200. The first-order chi connectivity index (χ1) is 13.8. The lowest BCUT2D eigenvalue weighted by molar-refractivity contribution is -0.137. The number of carbonyl (C=O) groups excluding carboxylic acids is 1. The molecule has 4 rings (SSSR count). The summed E-state index contributed by atoms with van der Waals surface area (Å²) in [5.74, 6) is -0.426. The molecule has 0 saturated heterocycles. The van der Waals surface area contributed by atoms with Gasteiger partial charge >= 0.3 is 6.18 Å². The van der Waals surface area contributed by atoms with Crippen molar-refractivity contribution in [3.63, 3.8) is 0 Å². The number of rotatable bonds is 4. The lowest BCUT2D eigenvalue weighted by Crippen LogP contribution is -2.11. The summed E-state index contributed by atoms with van der Waals surface area (Å²) in [6.07, 6.45) is 1.84. The van der Waals surface area contributed by atoms with Crippen molar-refractivity contribution in [1.82, 2.24) is 19.6 Å². The number of benzene rings is 1. The highest BCUT2D eigenvalue weighted by Gasteiger charge is 2.33. The molecule has 148 valence electrons. The van der Waals surface area contributed by atoms with Gasteiger partial charge in [0.05, 0.1) is 16.8 Å². The number of carbonyl (C=O) groups is 1. The molecule has 0 bridgehead atoms. The van der Waals surface area contributed by atoms with E-state index >= 15 is 0 Å². The summed E-state index contributed by atoms with van der Waals surface area (Å²) < 4.78 is 40.5. The summed E-state index contributed by atoms with van der Waals surface area (Å²) in [6, 6.07) is 5.46. The summed E-state index contributed by atoms with van der Waals surface area (Å²) in [5, 5.41) is 6.69. The second-order valence-corrected chi connectivity index (χ2v) is 7.54. The average molecular weight is 438 g/mol. The molecule has 0 aliphatic rings. The topological polar surface area (TPSA) is 72.2 Å². The number of nitrogens with one attached hydrogen (secondary N) is 1. The fourth-order valence-corrected chi connectivity index (χ4v) is 3.77. The van der Waals surface area contributed by atoms with Crippen LogP contribution in [0.2, 0.25) is 5.02 Å². The van der Waals surface area contributed by atoms with E-state index in [1.54, 1.807) is 18.5 Å².